The zero-order valence-electron chi connectivity index (χ0n) is 18.4. The third-order valence-electron chi connectivity index (χ3n) is 5.61. The molecule has 10 nitrogen and oxygen atoms in total. The molecule has 4 rings (SSSR count). The number of ether oxygens (including phenoxy) is 1. The first-order valence-electron chi connectivity index (χ1n) is 10.8. The summed E-state index contributed by atoms with van der Waals surface area (Å²) in [6, 6.07) is 12.7. The van der Waals surface area contributed by atoms with Gasteiger partial charge in [0.15, 0.2) is 0 Å². The maximum Gasteiger partial charge on any atom is 0.270 e. The van der Waals surface area contributed by atoms with E-state index >= 15 is 0 Å². The average Bonchev–Trinajstić information content (AvgIpc) is 3.25. The summed E-state index contributed by atoms with van der Waals surface area (Å²) in [6.07, 6.45) is 6.86. The van der Waals surface area contributed by atoms with E-state index in [1.165, 1.54) is 18.2 Å². The molecule has 1 aliphatic heterocycles. The van der Waals surface area contributed by atoms with Crippen molar-refractivity contribution in [1.82, 2.24) is 4.90 Å². The molecular formula is C24H23N5O5. The first kappa shape index (κ1) is 23.0. The minimum Gasteiger partial charge on any atom is -0.378 e. The van der Waals surface area contributed by atoms with E-state index in [1.807, 2.05) is 12.1 Å². The number of benzene rings is 2. The van der Waals surface area contributed by atoms with Gasteiger partial charge in [-0.15, -0.1) is 0 Å². The number of allylic oxidation sites excluding steroid dienone is 2. The minimum atomic E-state index is -0.447. The van der Waals surface area contributed by atoms with Crippen molar-refractivity contribution in [2.75, 3.05) is 26.3 Å². The summed E-state index contributed by atoms with van der Waals surface area (Å²) < 4.78 is 5.50. The molecular weight excluding hydrogens is 438 g/mol. The Hall–Kier alpha value is -4.18. The van der Waals surface area contributed by atoms with E-state index in [0.29, 0.717) is 18.8 Å². The molecule has 0 N–H and O–H groups in total. The Kier molecular flexibility index (Phi) is 7.19. The Bertz CT molecular complexity index is 1190. The van der Waals surface area contributed by atoms with Gasteiger partial charge in [0.1, 0.15) is 0 Å². The first-order valence-corrected chi connectivity index (χ1v) is 10.8. The molecule has 2 aromatic rings. The highest BCUT2D eigenvalue weighted by molar-refractivity contribution is 5.85. The summed E-state index contributed by atoms with van der Waals surface area (Å²) in [5, 5.41) is 30.2. The molecule has 0 atom stereocenters. The summed E-state index contributed by atoms with van der Waals surface area (Å²) >= 11 is 0. The highest BCUT2D eigenvalue weighted by Gasteiger charge is 2.25. The van der Waals surface area contributed by atoms with Gasteiger partial charge >= 0.3 is 0 Å². The van der Waals surface area contributed by atoms with Gasteiger partial charge in [0, 0.05) is 43.1 Å². The van der Waals surface area contributed by atoms with Crippen LogP contribution < -0.4 is 0 Å². The van der Waals surface area contributed by atoms with Crippen LogP contribution in [-0.4, -0.2) is 53.5 Å². The maximum atomic E-state index is 11.1. The molecule has 34 heavy (non-hydrogen) atoms. The first-order chi connectivity index (χ1) is 16.5. The van der Waals surface area contributed by atoms with Crippen LogP contribution in [-0.2, 0) is 4.74 Å². The van der Waals surface area contributed by atoms with E-state index < -0.39 is 9.85 Å². The number of rotatable bonds is 7. The SMILES string of the molecule is O=[N+]([O-])c1ccc(/C=N/N=C/C2=C(N3CCOCC3)C(=C\c3cccc([N+](=O)[O-])c3)/CC2)cc1. The van der Waals surface area contributed by atoms with E-state index in [-0.39, 0.29) is 11.4 Å². The predicted octanol–water partition coefficient (Wildman–Crippen LogP) is 4.37. The van der Waals surface area contributed by atoms with Gasteiger partial charge in [-0.1, -0.05) is 12.1 Å². The molecule has 0 radical (unpaired) electrons. The predicted molar refractivity (Wildman–Crippen MR) is 129 cm³/mol. The van der Waals surface area contributed by atoms with Crippen LogP contribution in [0.25, 0.3) is 6.08 Å². The molecule has 10 heteroatoms. The van der Waals surface area contributed by atoms with Crippen LogP contribution >= 0.6 is 0 Å². The average molecular weight is 461 g/mol. The highest BCUT2D eigenvalue weighted by atomic mass is 16.6. The number of hydrogen-bond donors (Lipinski definition) is 0. The van der Waals surface area contributed by atoms with Crippen molar-refractivity contribution < 1.29 is 14.6 Å². The molecule has 1 fully saturated rings. The number of nitrogens with zero attached hydrogens (tertiary/aromatic N) is 5. The fraction of sp³-hybridized carbons (Fsp3) is 0.250. The lowest BCUT2D eigenvalue weighted by molar-refractivity contribution is -0.385. The number of morpholine rings is 1. The Morgan fingerprint density at radius 1 is 0.853 bits per heavy atom. The van der Waals surface area contributed by atoms with Gasteiger partial charge in [-0.3, -0.25) is 20.2 Å². The van der Waals surface area contributed by atoms with Crippen molar-refractivity contribution in [1.29, 1.82) is 0 Å². The third kappa shape index (κ3) is 5.59. The third-order valence-corrected chi connectivity index (χ3v) is 5.61. The molecule has 1 saturated heterocycles. The summed E-state index contributed by atoms with van der Waals surface area (Å²) in [4.78, 5) is 23.3. The van der Waals surface area contributed by atoms with E-state index in [2.05, 4.69) is 15.1 Å². The van der Waals surface area contributed by atoms with Crippen LogP contribution in [0.15, 0.2) is 75.6 Å². The Morgan fingerprint density at radius 2 is 1.56 bits per heavy atom. The molecule has 0 saturated carbocycles. The number of nitro groups is 2. The zero-order chi connectivity index (χ0) is 23.9. The second-order valence-electron chi connectivity index (χ2n) is 7.83. The van der Waals surface area contributed by atoms with Gasteiger partial charge in [-0.2, -0.15) is 10.2 Å². The summed E-state index contributed by atoms with van der Waals surface area (Å²) in [5.74, 6) is 0. The summed E-state index contributed by atoms with van der Waals surface area (Å²) in [7, 11) is 0. The monoisotopic (exact) mass is 461 g/mol. The van der Waals surface area contributed by atoms with Gasteiger partial charge in [0.05, 0.1) is 35.5 Å². The Morgan fingerprint density at radius 3 is 2.26 bits per heavy atom. The van der Waals surface area contributed by atoms with Crippen LogP contribution in [0.5, 0.6) is 0 Å². The van der Waals surface area contributed by atoms with Gasteiger partial charge in [0.2, 0.25) is 0 Å². The second-order valence-corrected chi connectivity index (χ2v) is 7.83. The standard InChI is InChI=1S/C24H23N5O5/c30-28(31)22-8-4-18(5-9-22)16-25-26-17-21-7-6-20(24(21)27-10-12-34-13-11-27)14-19-2-1-3-23(15-19)29(32)33/h1-5,8-9,14-17H,6-7,10-13H2/b20-14-,25-16+,26-17+. The lowest BCUT2D eigenvalue weighted by Crippen LogP contribution is -2.36. The van der Waals surface area contributed by atoms with Gasteiger partial charge in [-0.05, 0) is 53.3 Å². The van der Waals surface area contributed by atoms with Crippen molar-refractivity contribution in [3.8, 4) is 0 Å². The van der Waals surface area contributed by atoms with Crippen LogP contribution in [0.3, 0.4) is 0 Å². The normalized spacial score (nSPS) is 17.9. The zero-order valence-corrected chi connectivity index (χ0v) is 18.4. The fourth-order valence-electron chi connectivity index (χ4n) is 3.99. The number of non-ortho nitro benzene ring substituents is 2. The second kappa shape index (κ2) is 10.6. The fourth-order valence-corrected chi connectivity index (χ4v) is 3.99. The molecule has 1 aliphatic carbocycles. The van der Waals surface area contributed by atoms with Crippen molar-refractivity contribution >= 4 is 29.9 Å². The molecule has 174 valence electrons. The highest BCUT2D eigenvalue weighted by Crippen LogP contribution is 2.35. The van der Waals surface area contributed by atoms with Crippen LogP contribution in [0.1, 0.15) is 24.0 Å². The Labute approximate surface area is 195 Å². The number of hydrogen-bond acceptors (Lipinski definition) is 8. The summed E-state index contributed by atoms with van der Waals surface area (Å²) in [6.45, 7) is 2.78. The molecule has 0 aromatic heterocycles. The quantitative estimate of drug-likeness (QED) is 0.343. The van der Waals surface area contributed by atoms with E-state index in [1.54, 1.807) is 36.7 Å². The smallest absolute Gasteiger partial charge is 0.270 e. The van der Waals surface area contributed by atoms with Crippen LogP contribution in [0, 0.1) is 20.2 Å². The number of nitro benzene ring substituents is 2. The van der Waals surface area contributed by atoms with Crippen molar-refractivity contribution in [3.63, 3.8) is 0 Å². The molecule has 2 aromatic carbocycles. The van der Waals surface area contributed by atoms with Crippen molar-refractivity contribution in [2.45, 2.75) is 12.8 Å². The molecule has 0 spiro atoms. The minimum absolute atomic E-state index is 0.0231. The summed E-state index contributed by atoms with van der Waals surface area (Å²) in [5.41, 5.74) is 4.79. The molecule has 0 amide bonds. The molecule has 0 unspecified atom stereocenters. The largest absolute Gasteiger partial charge is 0.378 e. The van der Waals surface area contributed by atoms with Crippen molar-refractivity contribution in [3.05, 3.63) is 96.7 Å². The maximum absolute atomic E-state index is 11.1. The van der Waals surface area contributed by atoms with Crippen molar-refractivity contribution in [2.24, 2.45) is 10.2 Å². The van der Waals surface area contributed by atoms with Crippen LogP contribution in [0.2, 0.25) is 0 Å². The lowest BCUT2D eigenvalue weighted by atomic mass is 10.1. The van der Waals surface area contributed by atoms with Gasteiger partial charge in [-0.25, -0.2) is 0 Å². The Balaban J connectivity index is 1.58. The van der Waals surface area contributed by atoms with Crippen LogP contribution in [0.4, 0.5) is 11.4 Å². The van der Waals surface area contributed by atoms with E-state index in [9.17, 15) is 20.2 Å². The lowest BCUT2D eigenvalue weighted by Gasteiger charge is -2.31. The van der Waals surface area contributed by atoms with E-state index in [0.717, 1.165) is 48.3 Å². The molecule has 1 heterocycles. The van der Waals surface area contributed by atoms with E-state index in [4.69, 9.17) is 4.74 Å². The van der Waals surface area contributed by atoms with Gasteiger partial charge in [0.25, 0.3) is 11.4 Å². The van der Waals surface area contributed by atoms with Gasteiger partial charge < -0.3 is 9.64 Å². The topological polar surface area (TPSA) is 123 Å². The molecule has 2 aliphatic rings. The molecule has 0 bridgehead atoms.